The van der Waals surface area contributed by atoms with Crippen molar-refractivity contribution < 1.29 is 20.4 Å². The SMILES string of the molecule is [CH2]CCCCCCCCC[C](CC(O)CO)CC(O)CO. The van der Waals surface area contributed by atoms with Crippen molar-refractivity contribution in [3.8, 4) is 0 Å². The van der Waals surface area contributed by atoms with Gasteiger partial charge in [0.1, 0.15) is 0 Å². The predicted octanol–water partition coefficient (Wildman–Crippen LogP) is 2.39. The van der Waals surface area contributed by atoms with Crippen molar-refractivity contribution in [1.82, 2.24) is 0 Å². The van der Waals surface area contributed by atoms with E-state index >= 15 is 0 Å². The summed E-state index contributed by atoms with van der Waals surface area (Å²) in [7, 11) is 0. The molecule has 0 saturated heterocycles. The maximum atomic E-state index is 9.52. The van der Waals surface area contributed by atoms with Crippen molar-refractivity contribution in [2.45, 2.75) is 82.8 Å². The number of aliphatic hydroxyl groups excluding tert-OH is 4. The van der Waals surface area contributed by atoms with Gasteiger partial charge in [-0.25, -0.2) is 0 Å². The molecule has 2 atom stereocenters. The van der Waals surface area contributed by atoms with E-state index in [9.17, 15) is 10.2 Å². The first-order chi connectivity index (χ1) is 10.1. The summed E-state index contributed by atoms with van der Waals surface area (Å²) in [6.07, 6.45) is 9.63. The fraction of sp³-hybridized carbons (Fsp3) is 0.882. The summed E-state index contributed by atoms with van der Waals surface area (Å²) < 4.78 is 0. The van der Waals surface area contributed by atoms with Crippen molar-refractivity contribution >= 4 is 0 Å². The Morgan fingerprint density at radius 1 is 0.714 bits per heavy atom. The molecule has 0 spiro atoms. The Morgan fingerprint density at radius 2 is 1.14 bits per heavy atom. The minimum absolute atomic E-state index is 0.259. The highest BCUT2D eigenvalue weighted by Gasteiger charge is 2.18. The Morgan fingerprint density at radius 3 is 1.57 bits per heavy atom. The Balaban J connectivity index is 3.74. The minimum atomic E-state index is -0.756. The van der Waals surface area contributed by atoms with Crippen LogP contribution in [0.25, 0.3) is 0 Å². The van der Waals surface area contributed by atoms with Crippen LogP contribution in [-0.2, 0) is 0 Å². The predicted molar refractivity (Wildman–Crippen MR) is 85.6 cm³/mol. The van der Waals surface area contributed by atoms with E-state index in [1.165, 1.54) is 32.1 Å². The Bertz CT molecular complexity index is 199. The van der Waals surface area contributed by atoms with Crippen LogP contribution < -0.4 is 0 Å². The molecule has 0 heterocycles. The van der Waals surface area contributed by atoms with Gasteiger partial charge in [-0.05, 0) is 25.2 Å². The summed E-state index contributed by atoms with van der Waals surface area (Å²) in [4.78, 5) is 0. The van der Waals surface area contributed by atoms with Gasteiger partial charge in [0.15, 0.2) is 0 Å². The van der Waals surface area contributed by atoms with Gasteiger partial charge in [-0.3, -0.25) is 0 Å². The number of aliphatic hydroxyl groups is 4. The Hall–Kier alpha value is -0.160. The van der Waals surface area contributed by atoms with Crippen molar-refractivity contribution in [2.24, 2.45) is 0 Å². The smallest absolute Gasteiger partial charge is 0.0776 e. The van der Waals surface area contributed by atoms with Crippen LogP contribution in [0.3, 0.4) is 0 Å². The number of rotatable bonds is 15. The second kappa shape index (κ2) is 14.8. The quantitative estimate of drug-likeness (QED) is 0.350. The molecule has 0 aliphatic carbocycles. The summed E-state index contributed by atoms with van der Waals surface area (Å²) >= 11 is 0. The van der Waals surface area contributed by atoms with Crippen LogP contribution in [0.4, 0.5) is 0 Å². The largest absolute Gasteiger partial charge is 0.394 e. The second-order valence-electron chi connectivity index (χ2n) is 5.91. The first-order valence-electron chi connectivity index (χ1n) is 8.34. The molecule has 126 valence electrons. The van der Waals surface area contributed by atoms with Crippen molar-refractivity contribution in [3.05, 3.63) is 12.8 Å². The number of hydrogen-bond acceptors (Lipinski definition) is 4. The van der Waals surface area contributed by atoms with Gasteiger partial charge in [-0.2, -0.15) is 0 Å². The van der Waals surface area contributed by atoms with E-state index in [-0.39, 0.29) is 13.2 Å². The van der Waals surface area contributed by atoms with Crippen LogP contribution in [0, 0.1) is 12.8 Å². The van der Waals surface area contributed by atoms with Gasteiger partial charge in [-0.1, -0.05) is 58.3 Å². The number of hydrogen-bond donors (Lipinski definition) is 4. The van der Waals surface area contributed by atoms with Crippen LogP contribution in [0.1, 0.15) is 70.6 Å². The van der Waals surface area contributed by atoms with Crippen LogP contribution in [0.15, 0.2) is 0 Å². The monoisotopic (exact) mass is 302 g/mol. The lowest BCUT2D eigenvalue weighted by Gasteiger charge is -2.21. The molecule has 0 aromatic carbocycles. The fourth-order valence-corrected chi connectivity index (χ4v) is 2.52. The molecule has 21 heavy (non-hydrogen) atoms. The molecule has 0 aliphatic heterocycles. The average Bonchev–Trinajstić information content (AvgIpc) is 2.49. The molecule has 2 unspecified atom stereocenters. The van der Waals surface area contributed by atoms with Gasteiger partial charge in [0, 0.05) is 0 Å². The second-order valence-corrected chi connectivity index (χ2v) is 5.91. The summed E-state index contributed by atoms with van der Waals surface area (Å²) in [6, 6.07) is 0. The van der Waals surface area contributed by atoms with Gasteiger partial charge in [0.2, 0.25) is 0 Å². The highest BCUT2D eigenvalue weighted by atomic mass is 16.3. The first kappa shape index (κ1) is 20.8. The molecule has 0 aromatic heterocycles. The Kier molecular flexibility index (Phi) is 14.7. The molecule has 2 radical (unpaired) electrons. The third-order valence-corrected chi connectivity index (χ3v) is 3.75. The summed E-state index contributed by atoms with van der Waals surface area (Å²) in [6.45, 7) is 3.32. The van der Waals surface area contributed by atoms with Crippen molar-refractivity contribution in [1.29, 1.82) is 0 Å². The number of unbranched alkanes of at least 4 members (excludes halogenated alkanes) is 7. The molecule has 0 aromatic rings. The lowest BCUT2D eigenvalue weighted by atomic mass is 9.90. The molecule has 0 saturated carbocycles. The molecule has 0 rings (SSSR count). The van der Waals surface area contributed by atoms with Crippen LogP contribution in [-0.4, -0.2) is 45.8 Å². The van der Waals surface area contributed by atoms with Gasteiger partial charge in [0.05, 0.1) is 25.4 Å². The van der Waals surface area contributed by atoms with Crippen LogP contribution in [0.5, 0.6) is 0 Å². The van der Waals surface area contributed by atoms with Crippen LogP contribution in [0.2, 0.25) is 0 Å². The molecular weight excluding hydrogens is 268 g/mol. The van der Waals surface area contributed by atoms with Crippen LogP contribution >= 0.6 is 0 Å². The zero-order valence-corrected chi connectivity index (χ0v) is 13.3. The normalized spacial score (nSPS) is 14.6. The Labute approximate surface area is 130 Å². The molecule has 0 fully saturated rings. The summed E-state index contributed by atoms with van der Waals surface area (Å²) in [5, 5.41) is 36.8. The van der Waals surface area contributed by atoms with E-state index in [1.807, 2.05) is 0 Å². The lowest BCUT2D eigenvalue weighted by Crippen LogP contribution is -2.22. The summed E-state index contributed by atoms with van der Waals surface area (Å²) in [5.41, 5.74) is 0. The van der Waals surface area contributed by atoms with E-state index in [1.54, 1.807) is 0 Å². The first-order valence-corrected chi connectivity index (χ1v) is 8.34. The van der Waals surface area contributed by atoms with Crippen molar-refractivity contribution in [3.63, 3.8) is 0 Å². The zero-order chi connectivity index (χ0) is 15.9. The molecule has 0 aliphatic rings. The highest BCUT2D eigenvalue weighted by molar-refractivity contribution is 4.93. The highest BCUT2D eigenvalue weighted by Crippen LogP contribution is 2.24. The fourth-order valence-electron chi connectivity index (χ4n) is 2.52. The topological polar surface area (TPSA) is 80.9 Å². The minimum Gasteiger partial charge on any atom is -0.394 e. The van der Waals surface area contributed by atoms with E-state index in [4.69, 9.17) is 10.2 Å². The average molecular weight is 302 g/mol. The van der Waals surface area contributed by atoms with E-state index in [2.05, 4.69) is 6.92 Å². The molecule has 4 heteroatoms. The molecule has 4 N–H and O–H groups in total. The van der Waals surface area contributed by atoms with Gasteiger partial charge < -0.3 is 20.4 Å². The third-order valence-electron chi connectivity index (χ3n) is 3.75. The third kappa shape index (κ3) is 13.2. The van der Waals surface area contributed by atoms with E-state index < -0.39 is 12.2 Å². The molecule has 0 amide bonds. The van der Waals surface area contributed by atoms with E-state index in [0.717, 1.165) is 31.6 Å². The van der Waals surface area contributed by atoms with Gasteiger partial charge in [0.25, 0.3) is 0 Å². The maximum absolute atomic E-state index is 9.52. The van der Waals surface area contributed by atoms with Crippen molar-refractivity contribution in [2.75, 3.05) is 13.2 Å². The van der Waals surface area contributed by atoms with Gasteiger partial charge >= 0.3 is 0 Å². The standard InChI is InChI=1S/C17H34O4/c1-2-3-4-5-6-7-8-9-10-15(11-16(20)13-18)12-17(21)14-19/h16-21H,1-14H2. The van der Waals surface area contributed by atoms with E-state index in [0.29, 0.717) is 12.8 Å². The molecule has 4 nitrogen and oxygen atoms in total. The maximum Gasteiger partial charge on any atom is 0.0776 e. The summed E-state index contributed by atoms with van der Waals surface area (Å²) in [5.74, 6) is 1.04. The zero-order valence-electron chi connectivity index (χ0n) is 13.3. The molecular formula is C17H34O4. The molecule has 0 bridgehead atoms. The van der Waals surface area contributed by atoms with Gasteiger partial charge in [-0.15, -0.1) is 0 Å². The lowest BCUT2D eigenvalue weighted by molar-refractivity contribution is 0.0709.